The van der Waals surface area contributed by atoms with Crippen molar-refractivity contribution in [3.8, 4) is 66.8 Å². The number of benzene rings is 16. The molecule has 0 unspecified atom stereocenters. The molecule has 1 N–H and O–H groups in total. The lowest BCUT2D eigenvalue weighted by atomic mass is 9.73. The van der Waals surface area contributed by atoms with Gasteiger partial charge in [-0.1, -0.05) is 338 Å². The number of fused-ring (bicyclic) bond motifs is 10. The minimum absolute atomic E-state index is 0.0286. The minimum Gasteiger partial charge on any atom is -0.356 e. The molecule has 2 aliphatic heterocycles. The summed E-state index contributed by atoms with van der Waals surface area (Å²) in [5, 5.41) is 3.58. The smallest absolute Gasteiger partial charge is 0.0508 e. The van der Waals surface area contributed by atoms with Crippen molar-refractivity contribution in [1.82, 2.24) is 0 Å². The topological polar surface area (TPSA) is 21.8 Å². The van der Waals surface area contributed by atoms with Gasteiger partial charge in [0.15, 0.2) is 0 Å². The highest BCUT2D eigenvalue weighted by molar-refractivity contribution is 9.10. The molecule has 0 atom stereocenters. The highest BCUT2D eigenvalue weighted by Crippen LogP contribution is 2.57. The van der Waals surface area contributed by atoms with E-state index in [1.807, 2.05) is 6.07 Å². The molecule has 2 aliphatic carbocycles. The first kappa shape index (κ1) is 71.8. The molecule has 20 rings (SSSR count). The molecule has 5 heteroatoms. The molecule has 0 saturated carbocycles. The van der Waals surface area contributed by atoms with Gasteiger partial charge >= 0.3 is 0 Å². The summed E-state index contributed by atoms with van der Waals surface area (Å²) in [6.45, 7) is 18.7. The second-order valence-electron chi connectivity index (χ2n) is 32.3. The first-order chi connectivity index (χ1) is 55.0. The van der Waals surface area contributed by atoms with Gasteiger partial charge in [0.25, 0.3) is 0 Å². The minimum atomic E-state index is -0.137. The van der Waals surface area contributed by atoms with Crippen LogP contribution in [0.25, 0.3) is 66.8 Å². The van der Waals surface area contributed by atoms with E-state index in [1.54, 1.807) is 0 Å². The van der Waals surface area contributed by atoms with Gasteiger partial charge in [0.2, 0.25) is 0 Å². The zero-order valence-electron chi connectivity index (χ0n) is 65.2. The van der Waals surface area contributed by atoms with E-state index >= 15 is 0 Å². The molecule has 0 aromatic heterocycles. The summed E-state index contributed by atoms with van der Waals surface area (Å²) in [6.07, 6.45) is 0. The Morgan fingerprint density at radius 1 is 0.221 bits per heavy atom. The SMILES string of the molecule is CC1(C)c2ccccc2-c2ccc(N(c3ccc(-c4ccccc4)cc3)c3ccc(-c4ccc5c(c4)N(c4ccccc4)c4ccccc4C5(C)C)cc3)cc21.CC1(C)c2ccccc2-c2ccc(Nc3ccc(-c4ccccc4)cc3)cc21.CC1(C)c2ccccc2N(c2ccccc2)c2cc(-c3ccc(Br)cc3)ccc21. The number of rotatable bonds is 11. The normalized spacial score (nSPS) is 14.1. The van der Waals surface area contributed by atoms with Crippen molar-refractivity contribution in [1.29, 1.82) is 0 Å². The Balaban J connectivity index is 0.000000131. The molecule has 0 saturated heterocycles. The molecule has 548 valence electrons. The van der Waals surface area contributed by atoms with E-state index in [-0.39, 0.29) is 21.7 Å². The van der Waals surface area contributed by atoms with Crippen LogP contribution in [0.4, 0.5) is 62.6 Å². The number of para-hydroxylation sites is 4. The van der Waals surface area contributed by atoms with E-state index in [0.717, 1.165) is 32.9 Å². The van der Waals surface area contributed by atoms with Gasteiger partial charge in [-0.2, -0.15) is 0 Å². The lowest BCUT2D eigenvalue weighted by molar-refractivity contribution is 0.632. The van der Waals surface area contributed by atoms with E-state index in [1.165, 1.54) is 145 Å². The van der Waals surface area contributed by atoms with E-state index in [4.69, 9.17) is 0 Å². The fourth-order valence-electron chi connectivity index (χ4n) is 18.0. The van der Waals surface area contributed by atoms with Crippen LogP contribution >= 0.6 is 15.9 Å². The van der Waals surface area contributed by atoms with Gasteiger partial charge in [-0.25, -0.2) is 0 Å². The molecule has 0 amide bonds. The molecule has 113 heavy (non-hydrogen) atoms. The maximum Gasteiger partial charge on any atom is 0.0508 e. The van der Waals surface area contributed by atoms with Crippen LogP contribution in [0.5, 0.6) is 0 Å². The number of halogens is 1. The predicted molar refractivity (Wildman–Crippen MR) is 482 cm³/mol. The Morgan fingerprint density at radius 3 is 0.973 bits per heavy atom. The third-order valence-corrected chi connectivity index (χ3v) is 24.6. The monoisotopic (exact) mass is 1520 g/mol. The van der Waals surface area contributed by atoms with Crippen LogP contribution in [0.2, 0.25) is 0 Å². The van der Waals surface area contributed by atoms with Gasteiger partial charge in [0, 0.05) is 65.9 Å². The maximum absolute atomic E-state index is 3.58. The quantitative estimate of drug-likeness (QED) is 0.139. The average Bonchev–Trinajstić information content (AvgIpc) is 1.72. The van der Waals surface area contributed by atoms with Gasteiger partial charge in [-0.15, -0.1) is 0 Å². The van der Waals surface area contributed by atoms with Crippen molar-refractivity contribution in [2.24, 2.45) is 0 Å². The van der Waals surface area contributed by atoms with Crippen LogP contribution in [-0.2, 0) is 21.7 Å². The van der Waals surface area contributed by atoms with Gasteiger partial charge in [-0.3, -0.25) is 0 Å². The highest BCUT2D eigenvalue weighted by Gasteiger charge is 2.41. The van der Waals surface area contributed by atoms with E-state index in [2.05, 4.69) is 474 Å². The Morgan fingerprint density at radius 2 is 0.522 bits per heavy atom. The molecule has 2 heterocycles. The highest BCUT2D eigenvalue weighted by atomic mass is 79.9. The van der Waals surface area contributed by atoms with Crippen molar-refractivity contribution in [3.63, 3.8) is 0 Å². The largest absolute Gasteiger partial charge is 0.356 e. The maximum atomic E-state index is 3.58. The summed E-state index contributed by atoms with van der Waals surface area (Å²) in [6, 6.07) is 141. The van der Waals surface area contributed by atoms with Crippen LogP contribution in [0.15, 0.2) is 393 Å². The molecule has 16 aromatic carbocycles. The third kappa shape index (κ3) is 13.1. The summed E-state index contributed by atoms with van der Waals surface area (Å²) in [7, 11) is 0. The first-order valence-corrected chi connectivity index (χ1v) is 40.2. The molecule has 0 bridgehead atoms. The van der Waals surface area contributed by atoms with Crippen molar-refractivity contribution in [3.05, 3.63) is 437 Å². The van der Waals surface area contributed by atoms with Gasteiger partial charge < -0.3 is 20.0 Å². The number of nitrogens with zero attached hydrogens (tertiary/aromatic N) is 3. The Bertz CT molecular complexity index is 6190. The zero-order chi connectivity index (χ0) is 77.2. The summed E-state index contributed by atoms with van der Waals surface area (Å²) in [5.41, 5.74) is 38.7. The molecule has 4 nitrogen and oxygen atoms in total. The van der Waals surface area contributed by atoms with Crippen LogP contribution in [0, 0.1) is 0 Å². The van der Waals surface area contributed by atoms with Gasteiger partial charge in [0.1, 0.15) is 0 Å². The fraction of sp³-hybridized carbons (Fsp3) is 0.111. The number of anilines is 11. The van der Waals surface area contributed by atoms with Crippen molar-refractivity contribution in [2.75, 3.05) is 20.0 Å². The summed E-state index contributed by atoms with van der Waals surface area (Å²) >= 11 is 3.54. The van der Waals surface area contributed by atoms with Crippen LogP contribution in [0.3, 0.4) is 0 Å². The zero-order valence-corrected chi connectivity index (χ0v) is 66.8. The lowest BCUT2D eigenvalue weighted by Crippen LogP contribution is -2.30. The van der Waals surface area contributed by atoms with Crippen molar-refractivity contribution < 1.29 is 0 Å². The second kappa shape index (κ2) is 29.1. The molecule has 0 spiro atoms. The summed E-state index contributed by atoms with van der Waals surface area (Å²) in [4.78, 5) is 7.24. The summed E-state index contributed by atoms with van der Waals surface area (Å²) in [5.74, 6) is 0. The molecule has 0 fully saturated rings. The second-order valence-corrected chi connectivity index (χ2v) is 33.2. The molecule has 16 aromatic rings. The van der Waals surface area contributed by atoms with Crippen molar-refractivity contribution in [2.45, 2.75) is 77.0 Å². The Kier molecular flexibility index (Phi) is 18.5. The number of nitrogens with one attached hydrogen (secondary N) is 1. The van der Waals surface area contributed by atoms with Crippen LogP contribution < -0.4 is 20.0 Å². The molecule has 0 radical (unpaired) electrons. The predicted octanol–water partition coefficient (Wildman–Crippen LogP) is 30.5. The molecular formula is C108H89BrN4. The number of hydrogen-bond acceptors (Lipinski definition) is 4. The van der Waals surface area contributed by atoms with Crippen molar-refractivity contribution >= 4 is 78.5 Å². The van der Waals surface area contributed by atoms with Gasteiger partial charge in [-0.05, 0) is 233 Å². The lowest BCUT2D eigenvalue weighted by Gasteiger charge is -2.42. The first-order valence-electron chi connectivity index (χ1n) is 39.4. The van der Waals surface area contributed by atoms with E-state index in [0.29, 0.717) is 0 Å². The molecule has 4 aliphatic rings. The Labute approximate surface area is 674 Å². The van der Waals surface area contributed by atoms with Crippen LogP contribution in [-0.4, -0.2) is 0 Å². The summed E-state index contributed by atoms with van der Waals surface area (Å²) < 4.78 is 1.10. The van der Waals surface area contributed by atoms with E-state index < -0.39 is 0 Å². The Hall–Kier alpha value is -12.8. The fourth-order valence-corrected chi connectivity index (χ4v) is 18.3. The standard InChI is InChI=1S/C54H44N2.C27H22BrN.C27H23N/c1-53(2)47-20-12-11-19-45(47)46-33-32-44(36-50(46)53)55(42-28-23-38(24-29-42)37-15-7-5-8-16-37)43-30-25-39(26-31-43)40-27-34-49-52(35-40)56(41-17-9-6-10-18-41)51-22-14-13-21-48(51)54(49,3)4;1-27(2)23-10-6-7-11-25(23)29(22-8-4-3-5-9-22)26-18-20(14-17-24(26)27)19-12-15-21(28)16-13-19;1-27(2)25-11-7-6-10-23(25)24-17-16-22(18-26(24)27)28-21-14-12-20(13-15-21)19-8-4-3-5-9-19/h5-36H,1-4H3;3-18H,1-2H3;3-18,28H,1-2H3. The van der Waals surface area contributed by atoms with Crippen LogP contribution in [0.1, 0.15) is 99.9 Å². The number of hydrogen-bond donors (Lipinski definition) is 1. The average molecular weight is 1520 g/mol. The van der Waals surface area contributed by atoms with E-state index in [9.17, 15) is 0 Å². The van der Waals surface area contributed by atoms with Gasteiger partial charge in [0.05, 0.1) is 22.7 Å². The third-order valence-electron chi connectivity index (χ3n) is 24.0. The molecular weight excluding hydrogens is 1430 g/mol.